The third-order valence-electron chi connectivity index (χ3n) is 2.75. The molecule has 1 heterocycles. The lowest BCUT2D eigenvalue weighted by Gasteiger charge is -2.00. The van der Waals surface area contributed by atoms with Crippen molar-refractivity contribution in [3.05, 3.63) is 54.1 Å². The van der Waals surface area contributed by atoms with Crippen LogP contribution in [0.15, 0.2) is 48.5 Å². The number of nitrogens with two attached hydrogens (primary N) is 1. The summed E-state index contributed by atoms with van der Waals surface area (Å²) in [5, 5.41) is 0.868. The minimum absolute atomic E-state index is 0.416. The molecule has 0 saturated heterocycles. The maximum atomic E-state index is 11.4. The topological polar surface area (TPSA) is 65.2 Å². The van der Waals surface area contributed by atoms with Gasteiger partial charge in [-0.25, -0.2) is 9.78 Å². The van der Waals surface area contributed by atoms with Crippen molar-refractivity contribution in [2.24, 2.45) is 5.90 Å². The first kappa shape index (κ1) is 11.8. The van der Waals surface area contributed by atoms with E-state index < -0.39 is 5.97 Å². The summed E-state index contributed by atoms with van der Waals surface area (Å²) in [5.74, 6) is 4.34. The third-order valence-corrected chi connectivity index (χ3v) is 3.83. The Morgan fingerprint density at radius 3 is 2.79 bits per heavy atom. The van der Waals surface area contributed by atoms with Gasteiger partial charge in [0.1, 0.15) is 5.01 Å². The van der Waals surface area contributed by atoms with Gasteiger partial charge in [0.05, 0.1) is 15.8 Å². The van der Waals surface area contributed by atoms with Crippen molar-refractivity contribution < 1.29 is 9.63 Å². The molecular formula is C14H10N2O2S. The molecule has 0 aliphatic heterocycles. The summed E-state index contributed by atoms with van der Waals surface area (Å²) >= 11 is 1.58. The van der Waals surface area contributed by atoms with Gasteiger partial charge in [-0.15, -0.1) is 11.3 Å². The molecule has 3 rings (SSSR count). The molecule has 0 amide bonds. The molecule has 0 atom stereocenters. The number of thiazole rings is 1. The molecule has 0 aliphatic rings. The van der Waals surface area contributed by atoms with Crippen molar-refractivity contribution in [1.82, 2.24) is 4.98 Å². The van der Waals surface area contributed by atoms with Gasteiger partial charge in [0.15, 0.2) is 0 Å². The first-order valence-electron chi connectivity index (χ1n) is 5.65. The molecule has 0 fully saturated rings. The molecule has 5 heteroatoms. The maximum Gasteiger partial charge on any atom is 0.356 e. The fourth-order valence-corrected chi connectivity index (χ4v) is 2.80. The van der Waals surface area contributed by atoms with E-state index in [0.29, 0.717) is 5.56 Å². The van der Waals surface area contributed by atoms with Crippen LogP contribution in [-0.2, 0) is 4.84 Å². The molecule has 2 aromatic carbocycles. The number of para-hydroxylation sites is 1. The molecule has 2 N–H and O–H groups in total. The van der Waals surface area contributed by atoms with Crippen LogP contribution >= 0.6 is 11.3 Å². The first-order valence-corrected chi connectivity index (χ1v) is 6.46. The summed E-state index contributed by atoms with van der Waals surface area (Å²) in [6.07, 6.45) is 0. The highest BCUT2D eigenvalue weighted by molar-refractivity contribution is 7.21. The van der Waals surface area contributed by atoms with E-state index in [1.807, 2.05) is 30.3 Å². The largest absolute Gasteiger partial charge is 0.370 e. The van der Waals surface area contributed by atoms with Crippen LogP contribution in [0.3, 0.4) is 0 Å². The lowest BCUT2D eigenvalue weighted by atomic mass is 10.1. The lowest BCUT2D eigenvalue weighted by Crippen LogP contribution is -2.09. The van der Waals surface area contributed by atoms with Crippen molar-refractivity contribution in [1.29, 1.82) is 0 Å². The molecule has 94 valence electrons. The molecule has 19 heavy (non-hydrogen) atoms. The Balaban J connectivity index is 2.08. The van der Waals surface area contributed by atoms with Gasteiger partial charge >= 0.3 is 5.97 Å². The van der Waals surface area contributed by atoms with Crippen molar-refractivity contribution in [3.8, 4) is 10.6 Å². The summed E-state index contributed by atoms with van der Waals surface area (Å²) in [4.78, 5) is 20.2. The van der Waals surface area contributed by atoms with E-state index in [-0.39, 0.29) is 0 Å². The fourth-order valence-electron chi connectivity index (χ4n) is 1.84. The monoisotopic (exact) mass is 270 g/mol. The number of hydrogen-bond donors (Lipinski definition) is 1. The Morgan fingerprint density at radius 2 is 2.00 bits per heavy atom. The van der Waals surface area contributed by atoms with Crippen LogP contribution in [0.2, 0.25) is 0 Å². The SMILES string of the molecule is NOC(=O)c1cccc(-c2nc3ccccc3s2)c1. The van der Waals surface area contributed by atoms with Gasteiger partial charge in [0, 0.05) is 5.56 Å². The number of fused-ring (bicyclic) bond motifs is 1. The molecule has 0 unspecified atom stereocenters. The third kappa shape index (κ3) is 2.21. The second kappa shape index (κ2) is 4.79. The molecule has 3 aromatic rings. The average Bonchev–Trinajstić information content (AvgIpc) is 2.90. The number of carbonyl (C=O) groups is 1. The zero-order valence-corrected chi connectivity index (χ0v) is 10.7. The Bertz CT molecular complexity index is 719. The highest BCUT2D eigenvalue weighted by Crippen LogP contribution is 2.30. The second-order valence-electron chi connectivity index (χ2n) is 3.97. The normalized spacial score (nSPS) is 10.6. The molecule has 1 aromatic heterocycles. The van der Waals surface area contributed by atoms with Crippen molar-refractivity contribution >= 4 is 27.5 Å². The molecule has 4 nitrogen and oxygen atoms in total. The summed E-state index contributed by atoms with van der Waals surface area (Å²) in [5.41, 5.74) is 2.25. The quantitative estimate of drug-likeness (QED) is 0.727. The molecule has 0 saturated carbocycles. The summed E-state index contributed by atoms with van der Waals surface area (Å²) < 4.78 is 1.12. The fraction of sp³-hybridized carbons (Fsp3) is 0. The molecular weight excluding hydrogens is 260 g/mol. The van der Waals surface area contributed by atoms with Gasteiger partial charge in [0.2, 0.25) is 0 Å². The van der Waals surface area contributed by atoms with Gasteiger partial charge in [-0.2, -0.15) is 5.90 Å². The number of aromatic nitrogens is 1. The minimum Gasteiger partial charge on any atom is -0.370 e. The summed E-state index contributed by atoms with van der Waals surface area (Å²) in [6, 6.07) is 15.0. The van der Waals surface area contributed by atoms with E-state index in [2.05, 4.69) is 9.82 Å². The number of rotatable bonds is 2. The molecule has 0 bridgehead atoms. The van der Waals surface area contributed by atoms with E-state index in [1.54, 1.807) is 29.5 Å². The highest BCUT2D eigenvalue weighted by atomic mass is 32.1. The second-order valence-corrected chi connectivity index (χ2v) is 5.00. The lowest BCUT2D eigenvalue weighted by molar-refractivity contribution is 0.0503. The van der Waals surface area contributed by atoms with E-state index in [9.17, 15) is 4.79 Å². The Morgan fingerprint density at radius 1 is 1.16 bits per heavy atom. The zero-order chi connectivity index (χ0) is 13.2. The maximum absolute atomic E-state index is 11.4. The van der Waals surface area contributed by atoms with Gasteiger partial charge in [0.25, 0.3) is 0 Å². The predicted octanol–water partition coefficient (Wildman–Crippen LogP) is 2.99. The highest BCUT2D eigenvalue weighted by Gasteiger charge is 2.10. The zero-order valence-electron chi connectivity index (χ0n) is 9.87. The van der Waals surface area contributed by atoms with Gasteiger partial charge in [-0.1, -0.05) is 24.3 Å². The van der Waals surface area contributed by atoms with Crippen LogP contribution in [0.25, 0.3) is 20.8 Å². The Hall–Kier alpha value is -2.24. The van der Waals surface area contributed by atoms with Crippen LogP contribution in [0.4, 0.5) is 0 Å². The van der Waals surface area contributed by atoms with Gasteiger partial charge < -0.3 is 4.84 Å². The van der Waals surface area contributed by atoms with Crippen LogP contribution in [-0.4, -0.2) is 11.0 Å². The van der Waals surface area contributed by atoms with E-state index in [0.717, 1.165) is 20.8 Å². The number of carbonyl (C=O) groups excluding carboxylic acids is 1. The van der Waals surface area contributed by atoms with Crippen LogP contribution in [0, 0.1) is 0 Å². The average molecular weight is 270 g/mol. The Kier molecular flexibility index (Phi) is 2.98. The number of nitrogens with zero attached hydrogens (tertiary/aromatic N) is 1. The first-order chi connectivity index (χ1) is 9.28. The minimum atomic E-state index is -0.553. The van der Waals surface area contributed by atoms with E-state index >= 15 is 0 Å². The van der Waals surface area contributed by atoms with Crippen LogP contribution in [0.1, 0.15) is 10.4 Å². The van der Waals surface area contributed by atoms with Crippen LogP contribution < -0.4 is 5.90 Å². The molecule has 0 radical (unpaired) electrons. The van der Waals surface area contributed by atoms with Crippen molar-refractivity contribution in [2.75, 3.05) is 0 Å². The van der Waals surface area contributed by atoms with Gasteiger partial charge in [-0.05, 0) is 24.3 Å². The smallest absolute Gasteiger partial charge is 0.356 e. The summed E-state index contributed by atoms with van der Waals surface area (Å²) in [7, 11) is 0. The standard InChI is InChI=1S/C14H10N2O2S/c15-18-14(17)10-5-3-4-9(8-10)13-16-11-6-1-2-7-12(11)19-13/h1-8H,15H2. The van der Waals surface area contributed by atoms with E-state index in [4.69, 9.17) is 5.90 Å². The molecule has 0 spiro atoms. The molecule has 0 aliphatic carbocycles. The van der Waals surface area contributed by atoms with Crippen molar-refractivity contribution in [3.63, 3.8) is 0 Å². The van der Waals surface area contributed by atoms with Crippen molar-refractivity contribution in [2.45, 2.75) is 0 Å². The van der Waals surface area contributed by atoms with Crippen LogP contribution in [0.5, 0.6) is 0 Å². The summed E-state index contributed by atoms with van der Waals surface area (Å²) in [6.45, 7) is 0. The van der Waals surface area contributed by atoms with Gasteiger partial charge in [-0.3, -0.25) is 0 Å². The van der Waals surface area contributed by atoms with E-state index in [1.165, 1.54) is 0 Å². The number of hydrogen-bond acceptors (Lipinski definition) is 5. The Labute approximate surface area is 113 Å². The predicted molar refractivity (Wildman–Crippen MR) is 74.7 cm³/mol. The number of benzene rings is 2.